The largest absolute Gasteiger partial charge is 0.497 e. The van der Waals surface area contributed by atoms with Crippen molar-refractivity contribution in [1.29, 1.82) is 0 Å². The Hall–Kier alpha value is -3.90. The van der Waals surface area contributed by atoms with Crippen LogP contribution < -0.4 is 15.2 Å². The fourth-order valence-corrected chi connectivity index (χ4v) is 5.69. The van der Waals surface area contributed by atoms with Gasteiger partial charge in [0.15, 0.2) is 0 Å². The molecule has 0 aliphatic carbocycles. The smallest absolute Gasteiger partial charge is 0.409 e. The van der Waals surface area contributed by atoms with Crippen LogP contribution in [0.15, 0.2) is 58.4 Å². The van der Waals surface area contributed by atoms with Gasteiger partial charge in [0.05, 0.1) is 30.7 Å². The van der Waals surface area contributed by atoms with Gasteiger partial charge in [0, 0.05) is 32.4 Å². The molecule has 0 radical (unpaired) electrons. The number of methoxy groups -OCH3 is 1. The molecule has 10 nitrogen and oxygen atoms in total. The van der Waals surface area contributed by atoms with Gasteiger partial charge in [-0.25, -0.2) is 9.78 Å². The van der Waals surface area contributed by atoms with Gasteiger partial charge >= 0.3 is 6.09 Å². The van der Waals surface area contributed by atoms with Gasteiger partial charge < -0.3 is 19.3 Å². The maximum absolute atomic E-state index is 13.6. The number of hydrogen-bond acceptors (Lipinski definition) is 9. The van der Waals surface area contributed by atoms with Crippen molar-refractivity contribution in [2.24, 2.45) is 0 Å². The second kappa shape index (κ2) is 11.5. The zero-order valence-corrected chi connectivity index (χ0v) is 23.2. The van der Waals surface area contributed by atoms with E-state index < -0.39 is 0 Å². The number of benzene rings is 1. The Morgan fingerprint density at radius 3 is 2.54 bits per heavy atom. The molecule has 39 heavy (non-hydrogen) atoms. The second-order valence-electron chi connectivity index (χ2n) is 8.87. The molecular formula is C27H27N5O5S2. The molecule has 2 fully saturated rings. The summed E-state index contributed by atoms with van der Waals surface area (Å²) in [7, 11) is 1.60. The van der Waals surface area contributed by atoms with E-state index in [1.807, 2.05) is 35.2 Å². The van der Waals surface area contributed by atoms with Crippen molar-refractivity contribution in [1.82, 2.24) is 19.2 Å². The third-order valence-electron chi connectivity index (χ3n) is 6.50. The molecule has 2 amide bonds. The lowest BCUT2D eigenvalue weighted by molar-refractivity contribution is -0.122. The van der Waals surface area contributed by atoms with Crippen molar-refractivity contribution >= 4 is 57.8 Å². The van der Waals surface area contributed by atoms with Gasteiger partial charge in [-0.15, -0.1) is 0 Å². The van der Waals surface area contributed by atoms with Crippen LogP contribution in [0.1, 0.15) is 18.1 Å². The first-order valence-electron chi connectivity index (χ1n) is 12.5. The van der Waals surface area contributed by atoms with Gasteiger partial charge in [-0.2, -0.15) is 0 Å². The summed E-state index contributed by atoms with van der Waals surface area (Å²) in [6, 6.07) is 12.8. The Kier molecular flexibility index (Phi) is 7.84. The molecular weight excluding hydrogens is 538 g/mol. The summed E-state index contributed by atoms with van der Waals surface area (Å²) in [4.78, 5) is 49.5. The summed E-state index contributed by atoms with van der Waals surface area (Å²) in [5.74, 6) is 0.926. The van der Waals surface area contributed by atoms with Crippen molar-refractivity contribution < 1.29 is 19.1 Å². The molecule has 2 aliphatic rings. The number of carbonyl (C=O) groups is 2. The second-order valence-corrected chi connectivity index (χ2v) is 10.5. The number of hydrogen-bond donors (Lipinski definition) is 0. The van der Waals surface area contributed by atoms with E-state index >= 15 is 0 Å². The molecule has 0 atom stereocenters. The Morgan fingerprint density at radius 2 is 1.85 bits per heavy atom. The highest BCUT2D eigenvalue weighted by Gasteiger charge is 2.33. The number of aromatic nitrogens is 2. The van der Waals surface area contributed by atoms with Gasteiger partial charge in [0.25, 0.3) is 11.5 Å². The van der Waals surface area contributed by atoms with Gasteiger partial charge in [0.1, 0.15) is 21.5 Å². The fraction of sp³-hybridized carbons (Fsp3) is 0.296. The fourth-order valence-electron chi connectivity index (χ4n) is 4.45. The molecule has 12 heteroatoms. The highest BCUT2D eigenvalue weighted by atomic mass is 32.2. The van der Waals surface area contributed by atoms with Crippen LogP contribution in [0.5, 0.6) is 5.75 Å². The summed E-state index contributed by atoms with van der Waals surface area (Å²) in [6.07, 6.45) is 2.89. The van der Waals surface area contributed by atoms with Gasteiger partial charge in [-0.05, 0) is 42.8 Å². The number of fused-ring (bicyclic) bond motifs is 1. The van der Waals surface area contributed by atoms with Crippen molar-refractivity contribution in [3.8, 4) is 5.75 Å². The number of piperazine rings is 1. The third-order valence-corrected chi connectivity index (χ3v) is 7.88. The molecule has 2 saturated heterocycles. The summed E-state index contributed by atoms with van der Waals surface area (Å²) < 4.78 is 12.2. The van der Waals surface area contributed by atoms with Gasteiger partial charge in [-0.3, -0.25) is 18.9 Å². The monoisotopic (exact) mass is 565 g/mol. The van der Waals surface area contributed by atoms with Crippen LogP contribution in [-0.2, 0) is 16.1 Å². The predicted molar refractivity (Wildman–Crippen MR) is 154 cm³/mol. The number of ether oxygens (including phenoxy) is 2. The first-order valence-corrected chi connectivity index (χ1v) is 13.7. The molecule has 3 aromatic rings. The van der Waals surface area contributed by atoms with Crippen molar-refractivity contribution in [3.63, 3.8) is 0 Å². The third kappa shape index (κ3) is 5.48. The summed E-state index contributed by atoms with van der Waals surface area (Å²) >= 11 is 6.69. The van der Waals surface area contributed by atoms with E-state index in [0.29, 0.717) is 65.6 Å². The molecule has 0 saturated carbocycles. The zero-order chi connectivity index (χ0) is 27.5. The summed E-state index contributed by atoms with van der Waals surface area (Å²) in [5, 5.41) is 0. The van der Waals surface area contributed by atoms with Crippen molar-refractivity contribution in [2.45, 2.75) is 13.5 Å². The first kappa shape index (κ1) is 26.7. The maximum atomic E-state index is 13.6. The topological polar surface area (TPSA) is 96.7 Å². The molecule has 2 aromatic heterocycles. The normalized spacial score (nSPS) is 16.9. The minimum absolute atomic E-state index is 0.267. The number of carbonyl (C=O) groups excluding carboxylic acids is 2. The van der Waals surface area contributed by atoms with E-state index in [4.69, 9.17) is 26.7 Å². The van der Waals surface area contributed by atoms with Gasteiger partial charge in [0.2, 0.25) is 0 Å². The van der Waals surface area contributed by atoms with Crippen LogP contribution in [0.4, 0.5) is 10.6 Å². The van der Waals surface area contributed by atoms with E-state index in [0.717, 1.165) is 23.1 Å². The number of amides is 2. The molecule has 0 N–H and O–H groups in total. The molecule has 5 rings (SSSR count). The lowest BCUT2D eigenvalue weighted by atomic mass is 10.2. The minimum Gasteiger partial charge on any atom is -0.497 e. The van der Waals surface area contributed by atoms with E-state index in [9.17, 15) is 14.4 Å². The summed E-state index contributed by atoms with van der Waals surface area (Å²) in [5.41, 5.74) is 1.41. The van der Waals surface area contributed by atoms with E-state index in [1.54, 1.807) is 43.3 Å². The average Bonchev–Trinajstić information content (AvgIpc) is 3.22. The highest BCUT2D eigenvalue weighted by molar-refractivity contribution is 8.26. The van der Waals surface area contributed by atoms with Crippen LogP contribution in [0.3, 0.4) is 0 Å². The Morgan fingerprint density at radius 1 is 1.10 bits per heavy atom. The number of thioether (sulfide) groups is 1. The SMILES string of the molecule is CCOC(=O)N1CCN(c2nc3ccccn3c(=O)c2/C=C2\SC(=S)N(Cc3ccc(OC)cc3)C2=O)CC1. The number of anilines is 1. The van der Waals surface area contributed by atoms with Gasteiger partial charge in [-0.1, -0.05) is 42.2 Å². The Balaban J connectivity index is 1.46. The van der Waals surface area contributed by atoms with Crippen LogP contribution in [-0.4, -0.2) is 75.4 Å². The van der Waals surface area contributed by atoms with Crippen LogP contribution >= 0.6 is 24.0 Å². The van der Waals surface area contributed by atoms with Crippen LogP contribution in [0.25, 0.3) is 11.7 Å². The Bertz CT molecular complexity index is 1510. The molecule has 202 valence electrons. The number of pyridine rings is 1. The van der Waals surface area contributed by atoms with Crippen LogP contribution in [0.2, 0.25) is 0 Å². The highest BCUT2D eigenvalue weighted by Crippen LogP contribution is 2.34. The Labute approximate surface area is 234 Å². The lowest BCUT2D eigenvalue weighted by Crippen LogP contribution is -2.49. The lowest BCUT2D eigenvalue weighted by Gasteiger charge is -2.35. The minimum atomic E-state index is -0.357. The van der Waals surface area contributed by atoms with E-state index in [2.05, 4.69) is 0 Å². The number of nitrogens with zero attached hydrogens (tertiary/aromatic N) is 5. The standard InChI is InChI=1S/C27H27N5O5S2/c1-3-37-26(35)30-14-12-29(13-15-30)23-20(24(33)31-11-5-4-6-22(31)28-23)16-21-25(34)32(27(38)39-21)17-18-7-9-19(36-2)10-8-18/h4-11,16H,3,12-15,17H2,1-2H3/b21-16-. The molecule has 4 heterocycles. The maximum Gasteiger partial charge on any atom is 0.409 e. The molecule has 0 spiro atoms. The van der Waals surface area contributed by atoms with Crippen molar-refractivity contribution in [2.75, 3.05) is 44.8 Å². The predicted octanol–water partition coefficient (Wildman–Crippen LogP) is 3.38. The number of thiocarbonyl (C=S) groups is 1. The first-order chi connectivity index (χ1) is 18.9. The van der Waals surface area contributed by atoms with Crippen LogP contribution in [0, 0.1) is 0 Å². The van der Waals surface area contributed by atoms with Crippen molar-refractivity contribution in [3.05, 3.63) is 75.0 Å². The van der Waals surface area contributed by atoms with E-state index in [1.165, 1.54) is 9.30 Å². The molecule has 2 aliphatic heterocycles. The average molecular weight is 566 g/mol. The molecule has 0 unspecified atom stereocenters. The van der Waals surface area contributed by atoms with E-state index in [-0.39, 0.29) is 17.6 Å². The molecule has 1 aromatic carbocycles. The summed E-state index contributed by atoms with van der Waals surface area (Å²) in [6.45, 7) is 4.18. The zero-order valence-electron chi connectivity index (χ0n) is 21.5. The molecule has 0 bridgehead atoms. The quantitative estimate of drug-likeness (QED) is 0.329. The number of rotatable bonds is 6.